The molecule has 4 aromatic rings. The van der Waals surface area contributed by atoms with Crippen LogP contribution in [-0.4, -0.2) is 56.6 Å². The van der Waals surface area contributed by atoms with Crippen LogP contribution < -0.4 is 4.90 Å². The number of fused-ring (bicyclic) bond motifs is 1. The van der Waals surface area contributed by atoms with Gasteiger partial charge in [0.15, 0.2) is 11.4 Å². The van der Waals surface area contributed by atoms with Gasteiger partial charge in [-0.2, -0.15) is 10.2 Å². The molecule has 5 rings (SSSR count). The quantitative estimate of drug-likeness (QED) is 0.521. The first-order chi connectivity index (χ1) is 14.2. The second kappa shape index (κ2) is 6.79. The fourth-order valence-electron chi connectivity index (χ4n) is 3.35. The Bertz CT molecular complexity index is 1210. The number of carbonyl (C=O) groups is 1. The van der Waals surface area contributed by atoms with Gasteiger partial charge in [0.25, 0.3) is 11.8 Å². The van der Waals surface area contributed by atoms with Gasteiger partial charge in [0, 0.05) is 32.4 Å². The summed E-state index contributed by atoms with van der Waals surface area (Å²) >= 11 is 0. The molecule has 144 valence electrons. The smallest absolute Gasteiger partial charge is 0.266 e. The van der Waals surface area contributed by atoms with E-state index in [1.54, 1.807) is 46.1 Å². The zero-order valence-electron chi connectivity index (χ0n) is 15.2. The largest absolute Gasteiger partial charge is 0.459 e. The summed E-state index contributed by atoms with van der Waals surface area (Å²) < 4.78 is 12.8. The van der Waals surface area contributed by atoms with Gasteiger partial charge in [-0.1, -0.05) is 0 Å². The number of aromatic nitrogens is 4. The van der Waals surface area contributed by atoms with Crippen LogP contribution in [0.4, 0.5) is 5.88 Å². The number of nitrogens with zero attached hydrogens (tertiary/aromatic N) is 7. The van der Waals surface area contributed by atoms with E-state index >= 15 is 0 Å². The number of rotatable bonds is 3. The molecule has 0 saturated carbocycles. The maximum Gasteiger partial charge on any atom is 0.266 e. The highest BCUT2D eigenvalue weighted by Crippen LogP contribution is 2.29. The first-order valence-corrected chi connectivity index (χ1v) is 9.01. The molecular formula is C19H15N7O3. The van der Waals surface area contributed by atoms with Crippen LogP contribution in [0.15, 0.2) is 51.9 Å². The van der Waals surface area contributed by atoms with Gasteiger partial charge in [-0.15, -0.1) is 10.2 Å². The Morgan fingerprint density at radius 1 is 1.17 bits per heavy atom. The second-order valence-corrected chi connectivity index (χ2v) is 6.56. The van der Waals surface area contributed by atoms with Gasteiger partial charge in [0.05, 0.1) is 11.8 Å². The molecule has 0 bridgehead atoms. The summed E-state index contributed by atoms with van der Waals surface area (Å²) in [6, 6.07) is 9.03. The molecule has 0 spiro atoms. The molecule has 10 nitrogen and oxygen atoms in total. The molecule has 0 unspecified atom stereocenters. The topological polar surface area (TPSA) is 117 Å². The fraction of sp³-hybridized carbons (Fsp3) is 0.211. The number of amides is 1. The SMILES string of the molecule is N#Cc1nc(-c2ccco2)oc1N1CCN(C(=O)c2ccc3nncn3c2)CC1. The van der Waals surface area contributed by atoms with Crippen molar-refractivity contribution in [1.82, 2.24) is 24.5 Å². The molecule has 0 radical (unpaired) electrons. The van der Waals surface area contributed by atoms with Gasteiger partial charge in [0.2, 0.25) is 11.6 Å². The van der Waals surface area contributed by atoms with E-state index in [1.165, 1.54) is 6.26 Å². The third-order valence-electron chi connectivity index (χ3n) is 4.84. The van der Waals surface area contributed by atoms with Crippen LogP contribution in [0.3, 0.4) is 0 Å². The zero-order valence-corrected chi connectivity index (χ0v) is 15.2. The van der Waals surface area contributed by atoms with Gasteiger partial charge in [-0.05, 0) is 24.3 Å². The van der Waals surface area contributed by atoms with E-state index in [4.69, 9.17) is 8.83 Å². The van der Waals surface area contributed by atoms with Crippen LogP contribution >= 0.6 is 0 Å². The summed E-state index contributed by atoms with van der Waals surface area (Å²) in [5.74, 6) is 1.07. The molecule has 0 N–H and O–H groups in total. The Hall–Kier alpha value is -4.13. The Morgan fingerprint density at radius 3 is 2.79 bits per heavy atom. The lowest BCUT2D eigenvalue weighted by molar-refractivity contribution is 0.0745. The van der Waals surface area contributed by atoms with Crippen LogP contribution in [0.25, 0.3) is 17.3 Å². The molecule has 29 heavy (non-hydrogen) atoms. The van der Waals surface area contributed by atoms with Crippen LogP contribution in [0.2, 0.25) is 0 Å². The molecule has 1 aliphatic rings. The first kappa shape index (κ1) is 17.0. The molecule has 10 heteroatoms. The maximum atomic E-state index is 12.8. The Morgan fingerprint density at radius 2 is 2.03 bits per heavy atom. The minimum atomic E-state index is -0.0606. The van der Waals surface area contributed by atoms with E-state index in [9.17, 15) is 10.1 Å². The highest BCUT2D eigenvalue weighted by atomic mass is 16.4. The number of hydrogen-bond donors (Lipinski definition) is 0. The summed E-state index contributed by atoms with van der Waals surface area (Å²) in [6.45, 7) is 2.06. The van der Waals surface area contributed by atoms with E-state index in [0.717, 1.165) is 0 Å². The predicted molar refractivity (Wildman–Crippen MR) is 100 cm³/mol. The fourth-order valence-corrected chi connectivity index (χ4v) is 3.35. The van der Waals surface area contributed by atoms with Crippen LogP contribution in [0.1, 0.15) is 16.1 Å². The summed E-state index contributed by atoms with van der Waals surface area (Å²) in [5.41, 5.74) is 1.46. The van der Waals surface area contributed by atoms with Crippen molar-refractivity contribution < 1.29 is 13.6 Å². The maximum absolute atomic E-state index is 12.8. The summed E-state index contributed by atoms with van der Waals surface area (Å²) in [6.07, 6.45) is 4.81. The molecule has 5 heterocycles. The standard InChI is InChI=1S/C19H15N7O3/c20-10-14-19(29-17(22-14)15-2-1-9-28-15)25-7-5-24(6-8-25)18(27)13-3-4-16-23-21-12-26(16)11-13/h1-4,9,11-12H,5-8H2. The van der Waals surface area contributed by atoms with E-state index in [-0.39, 0.29) is 17.5 Å². The molecule has 4 aromatic heterocycles. The Kier molecular flexibility index (Phi) is 3.98. The van der Waals surface area contributed by atoms with Gasteiger partial charge >= 0.3 is 0 Å². The van der Waals surface area contributed by atoms with Crippen LogP contribution in [0.5, 0.6) is 0 Å². The van der Waals surface area contributed by atoms with Gasteiger partial charge < -0.3 is 18.6 Å². The van der Waals surface area contributed by atoms with E-state index in [1.807, 2.05) is 4.90 Å². The van der Waals surface area contributed by atoms with Crippen molar-refractivity contribution in [2.24, 2.45) is 0 Å². The number of piperazine rings is 1. The lowest BCUT2D eigenvalue weighted by Gasteiger charge is -2.34. The molecular weight excluding hydrogens is 374 g/mol. The summed E-state index contributed by atoms with van der Waals surface area (Å²) in [5, 5.41) is 17.2. The number of pyridine rings is 1. The molecule has 1 saturated heterocycles. The molecule has 0 aromatic carbocycles. The van der Waals surface area contributed by atoms with Crippen molar-refractivity contribution in [3.63, 3.8) is 0 Å². The third kappa shape index (κ3) is 2.98. The van der Waals surface area contributed by atoms with Crippen molar-refractivity contribution >= 4 is 17.4 Å². The average molecular weight is 389 g/mol. The number of nitriles is 1. The highest BCUT2D eigenvalue weighted by molar-refractivity contribution is 5.94. The van der Waals surface area contributed by atoms with E-state index in [2.05, 4.69) is 21.3 Å². The van der Waals surface area contributed by atoms with Gasteiger partial charge in [0.1, 0.15) is 12.4 Å². The number of hydrogen-bond acceptors (Lipinski definition) is 8. The summed E-state index contributed by atoms with van der Waals surface area (Å²) in [7, 11) is 0. The van der Waals surface area contributed by atoms with E-state index in [0.29, 0.717) is 49.0 Å². The second-order valence-electron chi connectivity index (χ2n) is 6.56. The van der Waals surface area contributed by atoms with E-state index < -0.39 is 0 Å². The minimum Gasteiger partial charge on any atom is -0.459 e. The summed E-state index contributed by atoms with van der Waals surface area (Å²) in [4.78, 5) is 20.8. The highest BCUT2D eigenvalue weighted by Gasteiger charge is 2.27. The van der Waals surface area contributed by atoms with Crippen molar-refractivity contribution in [3.05, 3.63) is 54.3 Å². The number of anilines is 1. The van der Waals surface area contributed by atoms with Crippen LogP contribution in [0, 0.1) is 11.3 Å². The van der Waals surface area contributed by atoms with Gasteiger partial charge in [-0.25, -0.2) is 0 Å². The predicted octanol–water partition coefficient (Wildman–Crippen LogP) is 1.81. The first-order valence-electron chi connectivity index (χ1n) is 9.01. The molecule has 1 amide bonds. The lowest BCUT2D eigenvalue weighted by Crippen LogP contribution is -2.49. The molecule has 1 aliphatic heterocycles. The third-order valence-corrected chi connectivity index (χ3v) is 4.84. The minimum absolute atomic E-state index is 0.0606. The van der Waals surface area contributed by atoms with Crippen molar-refractivity contribution in [1.29, 1.82) is 5.26 Å². The average Bonchev–Trinajstić information content (AvgIpc) is 3.52. The number of furan rings is 1. The zero-order chi connectivity index (χ0) is 19.8. The van der Waals surface area contributed by atoms with Gasteiger partial charge in [-0.3, -0.25) is 9.20 Å². The van der Waals surface area contributed by atoms with Crippen molar-refractivity contribution in [2.45, 2.75) is 0 Å². The monoisotopic (exact) mass is 389 g/mol. The Balaban J connectivity index is 1.31. The Labute approximate surface area is 164 Å². The molecule has 1 fully saturated rings. The van der Waals surface area contributed by atoms with Crippen molar-refractivity contribution in [2.75, 3.05) is 31.1 Å². The number of oxazole rings is 1. The molecule has 0 atom stereocenters. The van der Waals surface area contributed by atoms with Crippen molar-refractivity contribution in [3.8, 4) is 17.7 Å². The molecule has 0 aliphatic carbocycles. The van der Waals surface area contributed by atoms with Crippen LogP contribution in [-0.2, 0) is 0 Å². The lowest BCUT2D eigenvalue weighted by atomic mass is 10.2. The normalized spacial score (nSPS) is 14.3. The number of carbonyl (C=O) groups excluding carboxylic acids is 1.